The first-order valence-electron chi connectivity index (χ1n) is 7.15. The van der Waals surface area contributed by atoms with E-state index in [2.05, 4.69) is 0 Å². The Labute approximate surface area is 148 Å². The predicted molar refractivity (Wildman–Crippen MR) is 91.8 cm³/mol. The van der Waals surface area contributed by atoms with E-state index >= 15 is 0 Å². The number of nitrogens with zero attached hydrogens (tertiary/aromatic N) is 1. The van der Waals surface area contributed by atoms with Crippen LogP contribution in [-0.2, 0) is 9.59 Å². The van der Waals surface area contributed by atoms with Gasteiger partial charge >= 0.3 is 0 Å². The van der Waals surface area contributed by atoms with Crippen molar-refractivity contribution in [3.05, 3.63) is 35.9 Å². The smallest absolute Gasteiger partial charge is 0.193 e. The predicted octanol–water partition coefficient (Wildman–Crippen LogP) is 0.277. The van der Waals surface area contributed by atoms with Gasteiger partial charge in [-0.25, -0.2) is 0 Å². The molecule has 0 radical (unpaired) electrons. The lowest BCUT2D eigenvalue weighted by molar-refractivity contribution is -0.875. The van der Waals surface area contributed by atoms with Crippen LogP contribution in [0.15, 0.2) is 30.3 Å². The van der Waals surface area contributed by atoms with Crippen molar-refractivity contribution < 1.29 is 29.0 Å². The fourth-order valence-electron chi connectivity index (χ4n) is 2.29. The molecule has 1 unspecified atom stereocenters. The van der Waals surface area contributed by atoms with Gasteiger partial charge in [0, 0.05) is 12.4 Å². The number of aliphatic hydroxyl groups is 1. The number of methoxy groups -OCH3 is 1. The van der Waals surface area contributed by atoms with E-state index < -0.39 is 23.8 Å². The monoisotopic (exact) mass is 357 g/mol. The van der Waals surface area contributed by atoms with Gasteiger partial charge in [-0.1, -0.05) is 18.2 Å². The lowest BCUT2D eigenvalue weighted by Gasteiger charge is -2.34. The van der Waals surface area contributed by atoms with Crippen LogP contribution in [0.1, 0.15) is 12.0 Å². The van der Waals surface area contributed by atoms with Crippen molar-refractivity contribution in [1.29, 1.82) is 0 Å². The first-order chi connectivity index (χ1) is 10.6. The van der Waals surface area contributed by atoms with E-state index in [1.807, 2.05) is 0 Å². The Kier molecular flexibility index (Phi) is 8.13. The number of carbonyl (C=O) groups is 2. The van der Waals surface area contributed by atoms with Gasteiger partial charge in [-0.2, -0.15) is 0 Å². The molecule has 0 spiro atoms. The van der Waals surface area contributed by atoms with Gasteiger partial charge in [0.1, 0.15) is 12.3 Å². The Hall–Kier alpha value is -1.89. The highest BCUT2D eigenvalue weighted by atomic mass is 35.5. The maximum Gasteiger partial charge on any atom is 0.193 e. The van der Waals surface area contributed by atoms with E-state index in [0.717, 1.165) is 5.56 Å². The van der Waals surface area contributed by atoms with Gasteiger partial charge in [-0.15, -0.1) is 12.4 Å². The van der Waals surface area contributed by atoms with Gasteiger partial charge in [0.25, 0.3) is 0 Å². The lowest BCUT2D eigenvalue weighted by atomic mass is 9.92. The zero-order chi connectivity index (χ0) is 17.7. The molecular formula is C17H24ClNO5. The molecule has 0 aliphatic carbocycles. The molecule has 24 heavy (non-hydrogen) atoms. The SMILES string of the molecule is COc1ccc(C=CC(=O)C(O)(CC(=O)[O-])C[N+](C)(C)C)cc1.Cl. The van der Waals surface area contributed by atoms with Crippen molar-refractivity contribution in [1.82, 2.24) is 0 Å². The molecule has 0 aliphatic heterocycles. The zero-order valence-electron chi connectivity index (χ0n) is 14.3. The van der Waals surface area contributed by atoms with E-state index in [9.17, 15) is 19.8 Å². The molecule has 1 N–H and O–H groups in total. The molecule has 1 atom stereocenters. The molecule has 0 amide bonds. The van der Waals surface area contributed by atoms with E-state index in [1.54, 1.807) is 52.5 Å². The summed E-state index contributed by atoms with van der Waals surface area (Å²) in [6.45, 7) is -0.0350. The third-order valence-electron chi connectivity index (χ3n) is 3.17. The molecule has 7 heteroatoms. The number of rotatable bonds is 8. The summed E-state index contributed by atoms with van der Waals surface area (Å²) >= 11 is 0. The molecular weight excluding hydrogens is 334 g/mol. The summed E-state index contributed by atoms with van der Waals surface area (Å²) in [4.78, 5) is 23.2. The first-order valence-corrected chi connectivity index (χ1v) is 7.15. The van der Waals surface area contributed by atoms with Crippen molar-refractivity contribution in [2.45, 2.75) is 12.0 Å². The number of hydrogen-bond donors (Lipinski definition) is 1. The van der Waals surface area contributed by atoms with Gasteiger partial charge in [0.2, 0.25) is 0 Å². The van der Waals surface area contributed by atoms with Crippen LogP contribution < -0.4 is 9.84 Å². The second kappa shape index (κ2) is 8.82. The Morgan fingerprint density at radius 3 is 2.21 bits per heavy atom. The average Bonchev–Trinajstić information content (AvgIpc) is 2.42. The number of likely N-dealkylation sites (N-methyl/N-ethyl adjacent to an activating group) is 1. The van der Waals surface area contributed by atoms with E-state index in [1.165, 1.54) is 12.2 Å². The number of quaternary nitrogens is 1. The van der Waals surface area contributed by atoms with E-state index in [0.29, 0.717) is 5.75 Å². The third kappa shape index (κ3) is 7.12. The maximum absolute atomic E-state index is 12.3. The summed E-state index contributed by atoms with van der Waals surface area (Å²) in [5.41, 5.74) is -1.26. The second-order valence-corrected chi connectivity index (χ2v) is 6.50. The molecule has 0 saturated carbocycles. The van der Waals surface area contributed by atoms with Crippen LogP contribution in [0.25, 0.3) is 6.08 Å². The molecule has 0 heterocycles. The molecule has 1 aromatic carbocycles. The summed E-state index contributed by atoms with van der Waals surface area (Å²) in [6, 6.07) is 6.98. The molecule has 1 rings (SSSR count). The fraction of sp³-hybridized carbons (Fsp3) is 0.412. The Morgan fingerprint density at radius 2 is 1.79 bits per heavy atom. The maximum atomic E-state index is 12.3. The largest absolute Gasteiger partial charge is 0.550 e. The number of hydrogen-bond acceptors (Lipinski definition) is 5. The minimum Gasteiger partial charge on any atom is -0.550 e. The molecule has 134 valence electrons. The minimum absolute atomic E-state index is 0. The molecule has 6 nitrogen and oxygen atoms in total. The molecule has 0 bridgehead atoms. The van der Waals surface area contributed by atoms with Crippen LogP contribution in [-0.4, -0.2) is 61.7 Å². The van der Waals surface area contributed by atoms with Gasteiger partial charge in [0.05, 0.1) is 28.3 Å². The van der Waals surface area contributed by atoms with Crippen molar-refractivity contribution in [3.8, 4) is 5.75 Å². The number of aliphatic carboxylic acids is 1. The Balaban J connectivity index is 0.00000529. The number of carboxylic acids is 1. The molecule has 0 saturated heterocycles. The molecule has 0 aromatic heterocycles. The molecule has 0 aliphatic rings. The first kappa shape index (κ1) is 22.1. The summed E-state index contributed by atoms with van der Waals surface area (Å²) < 4.78 is 5.28. The summed E-state index contributed by atoms with van der Waals surface area (Å²) in [5, 5.41) is 21.4. The van der Waals surface area contributed by atoms with Gasteiger partial charge in [-0.05, 0) is 23.8 Å². The number of ketones is 1. The zero-order valence-corrected chi connectivity index (χ0v) is 15.1. The topological polar surface area (TPSA) is 86.7 Å². The highest BCUT2D eigenvalue weighted by molar-refractivity contribution is 6.01. The summed E-state index contributed by atoms with van der Waals surface area (Å²) in [7, 11) is 6.85. The fourth-order valence-corrected chi connectivity index (χ4v) is 2.29. The van der Waals surface area contributed by atoms with Crippen LogP contribution in [0.2, 0.25) is 0 Å². The van der Waals surface area contributed by atoms with Gasteiger partial charge < -0.3 is 24.2 Å². The molecule has 0 fully saturated rings. The van der Waals surface area contributed by atoms with Crippen LogP contribution in [0.3, 0.4) is 0 Å². The Morgan fingerprint density at radius 1 is 1.25 bits per heavy atom. The van der Waals surface area contributed by atoms with Crippen molar-refractivity contribution in [2.75, 3.05) is 34.8 Å². The van der Waals surface area contributed by atoms with Crippen molar-refractivity contribution in [3.63, 3.8) is 0 Å². The number of carboxylic acid groups (broad SMARTS) is 1. The van der Waals surface area contributed by atoms with E-state index in [4.69, 9.17) is 4.74 Å². The summed E-state index contributed by atoms with van der Waals surface area (Å²) in [5.74, 6) is -1.44. The third-order valence-corrected chi connectivity index (χ3v) is 3.17. The van der Waals surface area contributed by atoms with Crippen LogP contribution >= 0.6 is 12.4 Å². The minimum atomic E-state index is -2.00. The number of ether oxygens (including phenoxy) is 1. The number of halogens is 1. The Bertz CT molecular complexity index is 592. The lowest BCUT2D eigenvalue weighted by Crippen LogP contribution is -2.55. The quantitative estimate of drug-likeness (QED) is 0.533. The van der Waals surface area contributed by atoms with E-state index in [-0.39, 0.29) is 23.4 Å². The number of carbonyl (C=O) groups excluding carboxylic acids is 2. The van der Waals surface area contributed by atoms with Crippen molar-refractivity contribution >= 4 is 30.2 Å². The second-order valence-electron chi connectivity index (χ2n) is 6.50. The number of benzene rings is 1. The van der Waals surface area contributed by atoms with Crippen LogP contribution in [0.4, 0.5) is 0 Å². The highest BCUT2D eigenvalue weighted by Crippen LogP contribution is 2.18. The van der Waals surface area contributed by atoms with Gasteiger partial charge in [0.15, 0.2) is 11.4 Å². The van der Waals surface area contributed by atoms with Crippen LogP contribution in [0, 0.1) is 0 Å². The van der Waals surface area contributed by atoms with Crippen LogP contribution in [0.5, 0.6) is 5.75 Å². The van der Waals surface area contributed by atoms with Gasteiger partial charge in [-0.3, -0.25) is 4.79 Å². The average molecular weight is 358 g/mol. The summed E-state index contributed by atoms with van der Waals surface area (Å²) in [6.07, 6.45) is 1.98. The normalized spacial score (nSPS) is 13.9. The van der Waals surface area contributed by atoms with Crippen molar-refractivity contribution in [2.24, 2.45) is 0 Å². The standard InChI is InChI=1S/C17H23NO5.ClH/c1-18(2,3)12-17(22,11-16(20)21)15(19)10-7-13-5-8-14(23-4)9-6-13;/h5-10,22H,11-12H2,1-4H3;1H. The highest BCUT2D eigenvalue weighted by Gasteiger charge is 2.39. The molecule has 1 aromatic rings.